The fourth-order valence-corrected chi connectivity index (χ4v) is 2.23. The summed E-state index contributed by atoms with van der Waals surface area (Å²) in [7, 11) is 0. The first-order valence-electron chi connectivity index (χ1n) is 6.16. The fraction of sp³-hybridized carbons (Fsp3) is 0.462. The summed E-state index contributed by atoms with van der Waals surface area (Å²) in [4.78, 5) is 22.5. The zero-order valence-electron chi connectivity index (χ0n) is 10.7. The predicted octanol–water partition coefficient (Wildman–Crippen LogP) is 1.55. The maximum atomic E-state index is 12.2. The standard InChI is InChI=1S/C13H16N2O4/c1-9-3-4-11(15(18)19)10(7-9)12(17)14-13(8-16)5-2-6-13/h3-4,7,16H,2,5-6,8H2,1H3,(H,14,17). The SMILES string of the molecule is Cc1ccc([N+](=O)[O-])c(C(=O)NC2(CO)CCC2)c1. The number of nitrogens with zero attached hydrogens (tertiary/aromatic N) is 1. The lowest BCUT2D eigenvalue weighted by Gasteiger charge is -2.40. The van der Waals surface area contributed by atoms with Gasteiger partial charge in [-0.15, -0.1) is 0 Å². The van der Waals surface area contributed by atoms with E-state index < -0.39 is 16.4 Å². The summed E-state index contributed by atoms with van der Waals surface area (Å²) in [6.45, 7) is 1.63. The Balaban J connectivity index is 2.28. The van der Waals surface area contributed by atoms with Crippen molar-refractivity contribution in [3.05, 3.63) is 39.4 Å². The lowest BCUT2D eigenvalue weighted by molar-refractivity contribution is -0.385. The molecule has 0 spiro atoms. The van der Waals surface area contributed by atoms with Crippen molar-refractivity contribution in [1.29, 1.82) is 0 Å². The minimum absolute atomic E-state index is 0.0460. The van der Waals surface area contributed by atoms with Crippen LogP contribution in [0.2, 0.25) is 0 Å². The molecule has 19 heavy (non-hydrogen) atoms. The zero-order chi connectivity index (χ0) is 14.0. The van der Waals surface area contributed by atoms with Gasteiger partial charge in [-0.2, -0.15) is 0 Å². The Morgan fingerprint density at radius 3 is 2.68 bits per heavy atom. The van der Waals surface area contributed by atoms with Crippen LogP contribution in [0.4, 0.5) is 5.69 Å². The van der Waals surface area contributed by atoms with Crippen molar-refractivity contribution >= 4 is 11.6 Å². The number of carbonyl (C=O) groups excluding carboxylic acids is 1. The van der Waals surface area contributed by atoms with Crippen LogP contribution in [0.15, 0.2) is 18.2 Å². The number of hydrogen-bond acceptors (Lipinski definition) is 4. The van der Waals surface area contributed by atoms with E-state index in [0.717, 1.165) is 12.0 Å². The Labute approximate surface area is 110 Å². The van der Waals surface area contributed by atoms with Gasteiger partial charge in [-0.3, -0.25) is 14.9 Å². The molecule has 2 N–H and O–H groups in total. The maximum absolute atomic E-state index is 12.2. The van der Waals surface area contributed by atoms with E-state index in [1.54, 1.807) is 13.0 Å². The van der Waals surface area contributed by atoms with Crippen molar-refractivity contribution in [2.45, 2.75) is 31.7 Å². The second kappa shape index (κ2) is 4.97. The molecular weight excluding hydrogens is 248 g/mol. The molecule has 0 radical (unpaired) electrons. The Kier molecular flexibility index (Phi) is 3.53. The molecule has 0 saturated heterocycles. The Morgan fingerprint density at radius 1 is 1.53 bits per heavy atom. The fourth-order valence-electron chi connectivity index (χ4n) is 2.23. The van der Waals surface area contributed by atoms with E-state index >= 15 is 0 Å². The molecular formula is C13H16N2O4. The number of aliphatic hydroxyl groups is 1. The van der Waals surface area contributed by atoms with Gasteiger partial charge in [0.15, 0.2) is 0 Å². The first kappa shape index (κ1) is 13.5. The van der Waals surface area contributed by atoms with E-state index in [9.17, 15) is 20.0 Å². The monoisotopic (exact) mass is 264 g/mol. The van der Waals surface area contributed by atoms with Gasteiger partial charge >= 0.3 is 0 Å². The molecule has 1 aliphatic rings. The second-order valence-electron chi connectivity index (χ2n) is 5.02. The number of carbonyl (C=O) groups is 1. The third-order valence-electron chi connectivity index (χ3n) is 3.59. The lowest BCUT2D eigenvalue weighted by atomic mass is 9.77. The highest BCUT2D eigenvalue weighted by atomic mass is 16.6. The van der Waals surface area contributed by atoms with Gasteiger partial charge < -0.3 is 10.4 Å². The van der Waals surface area contributed by atoms with E-state index in [1.807, 2.05) is 0 Å². The van der Waals surface area contributed by atoms with E-state index in [4.69, 9.17) is 0 Å². The summed E-state index contributed by atoms with van der Waals surface area (Å²) in [5, 5.41) is 23.0. The largest absolute Gasteiger partial charge is 0.394 e. The molecule has 6 heteroatoms. The first-order chi connectivity index (χ1) is 8.97. The molecule has 1 aliphatic carbocycles. The van der Waals surface area contributed by atoms with Gasteiger partial charge in [-0.05, 0) is 37.8 Å². The molecule has 0 atom stereocenters. The third kappa shape index (κ3) is 2.58. The summed E-state index contributed by atoms with van der Waals surface area (Å²) in [5.41, 5.74) is 0.0111. The van der Waals surface area contributed by atoms with Gasteiger partial charge in [0.2, 0.25) is 0 Å². The van der Waals surface area contributed by atoms with Crippen LogP contribution in [0.3, 0.4) is 0 Å². The summed E-state index contributed by atoms with van der Waals surface area (Å²) < 4.78 is 0. The number of rotatable bonds is 4. The molecule has 0 bridgehead atoms. The van der Waals surface area contributed by atoms with Crippen LogP contribution in [0.5, 0.6) is 0 Å². The number of nitro benzene ring substituents is 1. The highest BCUT2D eigenvalue weighted by Gasteiger charge is 2.38. The molecule has 0 unspecified atom stereocenters. The molecule has 6 nitrogen and oxygen atoms in total. The summed E-state index contributed by atoms with van der Waals surface area (Å²) in [6, 6.07) is 4.42. The van der Waals surface area contributed by atoms with Crippen LogP contribution in [0, 0.1) is 17.0 Å². The van der Waals surface area contributed by atoms with E-state index in [2.05, 4.69) is 5.32 Å². The van der Waals surface area contributed by atoms with Crippen molar-refractivity contribution < 1.29 is 14.8 Å². The van der Waals surface area contributed by atoms with Gasteiger partial charge in [0.1, 0.15) is 5.56 Å². The van der Waals surface area contributed by atoms with Gasteiger partial charge in [-0.25, -0.2) is 0 Å². The van der Waals surface area contributed by atoms with Gasteiger partial charge in [0.05, 0.1) is 17.1 Å². The van der Waals surface area contributed by atoms with Crippen molar-refractivity contribution in [3.63, 3.8) is 0 Å². The summed E-state index contributed by atoms with van der Waals surface area (Å²) in [5.74, 6) is -0.496. The van der Waals surface area contributed by atoms with E-state index in [0.29, 0.717) is 12.8 Å². The number of nitrogens with one attached hydrogen (secondary N) is 1. The average molecular weight is 264 g/mol. The Hall–Kier alpha value is -1.95. The van der Waals surface area contributed by atoms with E-state index in [1.165, 1.54) is 12.1 Å². The summed E-state index contributed by atoms with van der Waals surface area (Å²) >= 11 is 0. The average Bonchev–Trinajstić information content (AvgIpc) is 2.33. The molecule has 0 heterocycles. The lowest BCUT2D eigenvalue weighted by Crippen LogP contribution is -2.56. The number of hydrogen-bond donors (Lipinski definition) is 2. The highest BCUT2D eigenvalue weighted by Crippen LogP contribution is 2.32. The molecule has 0 aromatic heterocycles. The van der Waals surface area contributed by atoms with Crippen molar-refractivity contribution in [1.82, 2.24) is 5.32 Å². The van der Waals surface area contributed by atoms with Gasteiger partial charge in [0.25, 0.3) is 11.6 Å². The van der Waals surface area contributed by atoms with Crippen molar-refractivity contribution in [2.75, 3.05) is 6.61 Å². The number of nitro groups is 1. The number of benzene rings is 1. The molecule has 1 aromatic rings. The predicted molar refractivity (Wildman–Crippen MR) is 69.0 cm³/mol. The van der Waals surface area contributed by atoms with Crippen LogP contribution in [0.25, 0.3) is 0 Å². The minimum Gasteiger partial charge on any atom is -0.394 e. The number of aliphatic hydroxyl groups excluding tert-OH is 1. The van der Waals surface area contributed by atoms with E-state index in [-0.39, 0.29) is 17.9 Å². The number of aryl methyl sites for hydroxylation is 1. The van der Waals surface area contributed by atoms with Crippen LogP contribution in [0.1, 0.15) is 35.2 Å². The molecule has 1 saturated carbocycles. The van der Waals surface area contributed by atoms with Gasteiger partial charge in [-0.1, -0.05) is 6.07 Å². The van der Waals surface area contributed by atoms with Crippen LogP contribution >= 0.6 is 0 Å². The molecule has 1 amide bonds. The maximum Gasteiger partial charge on any atom is 0.282 e. The zero-order valence-corrected chi connectivity index (χ0v) is 10.7. The van der Waals surface area contributed by atoms with Gasteiger partial charge in [0, 0.05) is 6.07 Å². The molecule has 1 fully saturated rings. The minimum atomic E-state index is -0.602. The third-order valence-corrected chi connectivity index (χ3v) is 3.59. The topological polar surface area (TPSA) is 92.5 Å². The van der Waals surface area contributed by atoms with Crippen molar-refractivity contribution in [2.24, 2.45) is 0 Å². The molecule has 0 aliphatic heterocycles. The Bertz CT molecular complexity index is 518. The first-order valence-corrected chi connectivity index (χ1v) is 6.16. The van der Waals surface area contributed by atoms with Crippen LogP contribution < -0.4 is 5.32 Å². The molecule has 2 rings (SSSR count). The number of amides is 1. The van der Waals surface area contributed by atoms with Crippen molar-refractivity contribution in [3.8, 4) is 0 Å². The highest BCUT2D eigenvalue weighted by molar-refractivity contribution is 5.98. The quantitative estimate of drug-likeness (QED) is 0.637. The second-order valence-corrected chi connectivity index (χ2v) is 5.02. The molecule has 1 aromatic carbocycles. The normalized spacial score (nSPS) is 16.5. The van der Waals surface area contributed by atoms with Crippen LogP contribution in [-0.4, -0.2) is 28.1 Å². The Morgan fingerprint density at radius 2 is 2.21 bits per heavy atom. The van der Waals surface area contributed by atoms with Crippen LogP contribution in [-0.2, 0) is 0 Å². The molecule has 102 valence electrons. The smallest absolute Gasteiger partial charge is 0.282 e. The summed E-state index contributed by atoms with van der Waals surface area (Å²) in [6.07, 6.45) is 2.35.